The van der Waals surface area contributed by atoms with Crippen LogP contribution in [-0.2, 0) is 27.3 Å². The molecule has 5 rings (SSSR count). The average Bonchev–Trinajstić information content (AvgIpc) is 3.27. The second kappa shape index (κ2) is 8.96. The van der Waals surface area contributed by atoms with Gasteiger partial charge < -0.3 is 19.5 Å². The van der Waals surface area contributed by atoms with Crippen molar-refractivity contribution >= 4 is 11.8 Å². The van der Waals surface area contributed by atoms with Crippen molar-refractivity contribution in [2.45, 2.75) is 76.4 Å². The van der Waals surface area contributed by atoms with Gasteiger partial charge in [-0.15, -0.1) is 0 Å². The molecule has 1 N–H and O–H groups in total. The van der Waals surface area contributed by atoms with Crippen LogP contribution in [0.5, 0.6) is 0 Å². The number of ether oxygens (including phenoxy) is 1. The maximum atomic E-state index is 13.0. The number of aromatic amines is 1. The third-order valence-corrected chi connectivity index (χ3v) is 8.10. The molecule has 2 saturated carbocycles. The van der Waals surface area contributed by atoms with E-state index in [1.54, 1.807) is 7.11 Å². The maximum absolute atomic E-state index is 13.0. The number of aromatic nitrogens is 2. The van der Waals surface area contributed by atoms with E-state index in [-0.39, 0.29) is 41.2 Å². The van der Waals surface area contributed by atoms with Crippen molar-refractivity contribution in [1.29, 1.82) is 0 Å². The van der Waals surface area contributed by atoms with Gasteiger partial charge in [-0.05, 0) is 51.4 Å². The highest BCUT2D eigenvalue weighted by atomic mass is 16.5. The second-order valence-corrected chi connectivity index (χ2v) is 9.99. The number of nitrogens with zero attached hydrogens (tertiary/aromatic N) is 3. The summed E-state index contributed by atoms with van der Waals surface area (Å²) in [6.45, 7) is 2.35. The predicted octanol–water partition coefficient (Wildman–Crippen LogP) is 1.98. The number of hydrogen-bond acceptors (Lipinski definition) is 5. The molecule has 0 aromatic carbocycles. The smallest absolute Gasteiger partial charge is 0.254 e. The SMILES string of the molecule is COC1CCC(C(=O)N2CC[C@@H](c3nc4c(c(=O)[nH]3)CCN(C(=O)C3CCC3)C4)C2)CC1. The summed E-state index contributed by atoms with van der Waals surface area (Å²) in [5.74, 6) is 1.41. The van der Waals surface area contributed by atoms with Crippen LogP contribution in [0.25, 0.3) is 0 Å². The van der Waals surface area contributed by atoms with Crippen molar-refractivity contribution in [2.24, 2.45) is 11.8 Å². The zero-order valence-corrected chi connectivity index (χ0v) is 19.0. The Hall–Kier alpha value is -2.22. The summed E-state index contributed by atoms with van der Waals surface area (Å²) in [6, 6.07) is 0. The number of carbonyl (C=O) groups excluding carboxylic acids is 2. The minimum Gasteiger partial charge on any atom is -0.381 e. The maximum Gasteiger partial charge on any atom is 0.254 e. The molecule has 4 aliphatic rings. The first-order chi connectivity index (χ1) is 15.5. The molecule has 1 atom stereocenters. The number of amides is 2. The molecule has 2 aliphatic carbocycles. The van der Waals surface area contributed by atoms with Gasteiger partial charge in [0.05, 0.1) is 18.3 Å². The predicted molar refractivity (Wildman–Crippen MR) is 118 cm³/mol. The van der Waals surface area contributed by atoms with Gasteiger partial charge in [0.1, 0.15) is 5.82 Å². The highest BCUT2D eigenvalue weighted by Crippen LogP contribution is 2.32. The molecule has 0 spiro atoms. The summed E-state index contributed by atoms with van der Waals surface area (Å²) in [5.41, 5.74) is 1.38. The third-order valence-electron chi connectivity index (χ3n) is 8.10. The fraction of sp³-hybridized carbons (Fsp3) is 0.750. The molecular formula is C24H34N4O4. The van der Waals surface area contributed by atoms with Gasteiger partial charge in [-0.3, -0.25) is 14.4 Å². The standard InChI is InChI=1S/C24H34N4O4/c1-32-18-7-5-16(6-8-18)24(31)27-11-9-17(13-27)21-25-20-14-28(23(30)15-3-2-4-15)12-10-19(20)22(29)26-21/h15-18H,2-14H2,1H3,(H,25,26,29)/t16?,17-,18?/m1/s1. The molecule has 32 heavy (non-hydrogen) atoms. The number of rotatable bonds is 4. The van der Waals surface area contributed by atoms with Crippen LogP contribution >= 0.6 is 0 Å². The number of nitrogens with one attached hydrogen (secondary N) is 1. The Labute approximate surface area is 188 Å². The van der Waals surface area contributed by atoms with Crippen LogP contribution in [0.15, 0.2) is 4.79 Å². The van der Waals surface area contributed by atoms with Crippen LogP contribution < -0.4 is 5.56 Å². The van der Waals surface area contributed by atoms with Gasteiger partial charge in [0.2, 0.25) is 11.8 Å². The van der Waals surface area contributed by atoms with Crippen molar-refractivity contribution in [3.63, 3.8) is 0 Å². The molecule has 8 nitrogen and oxygen atoms in total. The lowest BCUT2D eigenvalue weighted by Gasteiger charge is -2.34. The van der Waals surface area contributed by atoms with Gasteiger partial charge in [0.25, 0.3) is 5.56 Å². The first-order valence-corrected chi connectivity index (χ1v) is 12.3. The summed E-state index contributed by atoms with van der Waals surface area (Å²) >= 11 is 0. The zero-order valence-electron chi connectivity index (χ0n) is 19.0. The molecule has 1 saturated heterocycles. The number of fused-ring (bicyclic) bond motifs is 1. The Morgan fingerprint density at radius 3 is 2.38 bits per heavy atom. The van der Waals surface area contributed by atoms with Gasteiger partial charge >= 0.3 is 0 Å². The van der Waals surface area contributed by atoms with E-state index in [2.05, 4.69) is 4.98 Å². The molecule has 8 heteroatoms. The first kappa shape index (κ1) is 21.6. The number of hydrogen-bond donors (Lipinski definition) is 1. The Balaban J connectivity index is 1.25. The number of likely N-dealkylation sites (tertiary alicyclic amines) is 1. The summed E-state index contributed by atoms with van der Waals surface area (Å²) in [4.78, 5) is 50.1. The van der Waals surface area contributed by atoms with Gasteiger partial charge in [0.15, 0.2) is 0 Å². The summed E-state index contributed by atoms with van der Waals surface area (Å²) in [6.07, 6.45) is 8.42. The van der Waals surface area contributed by atoms with Crippen molar-refractivity contribution in [3.05, 3.63) is 27.4 Å². The molecule has 1 aromatic heterocycles. The Morgan fingerprint density at radius 2 is 1.69 bits per heavy atom. The lowest BCUT2D eigenvalue weighted by atomic mass is 9.84. The molecule has 0 bridgehead atoms. The normalized spacial score (nSPS) is 28.3. The van der Waals surface area contributed by atoms with Crippen LogP contribution in [0, 0.1) is 11.8 Å². The fourth-order valence-electron chi connectivity index (χ4n) is 5.74. The molecule has 3 heterocycles. The highest BCUT2D eigenvalue weighted by molar-refractivity contribution is 5.80. The average molecular weight is 443 g/mol. The Bertz CT molecular complexity index is 932. The number of methoxy groups -OCH3 is 1. The van der Waals surface area contributed by atoms with Crippen molar-refractivity contribution < 1.29 is 14.3 Å². The quantitative estimate of drug-likeness (QED) is 0.769. The highest BCUT2D eigenvalue weighted by Gasteiger charge is 2.36. The Kier molecular flexibility index (Phi) is 6.05. The number of H-pyrrole nitrogens is 1. The fourth-order valence-corrected chi connectivity index (χ4v) is 5.74. The number of carbonyl (C=O) groups is 2. The first-order valence-electron chi connectivity index (χ1n) is 12.3. The van der Waals surface area contributed by atoms with Gasteiger partial charge in [-0.25, -0.2) is 4.98 Å². The second-order valence-electron chi connectivity index (χ2n) is 9.99. The van der Waals surface area contributed by atoms with E-state index < -0.39 is 0 Å². The summed E-state index contributed by atoms with van der Waals surface area (Å²) < 4.78 is 5.43. The van der Waals surface area contributed by atoms with Gasteiger partial charge in [0, 0.05) is 50.1 Å². The van der Waals surface area contributed by atoms with Crippen LogP contribution in [0.3, 0.4) is 0 Å². The zero-order chi connectivity index (χ0) is 22.2. The van der Waals surface area contributed by atoms with Crippen LogP contribution in [0.1, 0.15) is 74.4 Å². The molecule has 0 unspecified atom stereocenters. The van der Waals surface area contributed by atoms with Gasteiger partial charge in [-0.1, -0.05) is 6.42 Å². The minimum absolute atomic E-state index is 0.0463. The van der Waals surface area contributed by atoms with Crippen molar-refractivity contribution in [3.8, 4) is 0 Å². The summed E-state index contributed by atoms with van der Waals surface area (Å²) in [7, 11) is 1.74. The molecule has 174 valence electrons. The van der Waals surface area contributed by atoms with E-state index in [1.165, 1.54) is 0 Å². The van der Waals surface area contributed by atoms with E-state index in [0.29, 0.717) is 44.0 Å². The molecule has 3 fully saturated rings. The lowest BCUT2D eigenvalue weighted by molar-refractivity contribution is -0.139. The topological polar surface area (TPSA) is 95.6 Å². The van der Waals surface area contributed by atoms with Gasteiger partial charge in [-0.2, -0.15) is 0 Å². The lowest BCUT2D eigenvalue weighted by Crippen LogP contribution is -2.43. The monoisotopic (exact) mass is 442 g/mol. The van der Waals surface area contributed by atoms with E-state index in [0.717, 1.165) is 57.1 Å². The summed E-state index contributed by atoms with van der Waals surface area (Å²) in [5, 5.41) is 0. The van der Waals surface area contributed by atoms with Crippen LogP contribution in [0.4, 0.5) is 0 Å². The molecule has 2 aliphatic heterocycles. The van der Waals surface area contributed by atoms with E-state index >= 15 is 0 Å². The van der Waals surface area contributed by atoms with E-state index in [9.17, 15) is 14.4 Å². The van der Waals surface area contributed by atoms with Crippen molar-refractivity contribution in [2.75, 3.05) is 26.7 Å². The third kappa shape index (κ3) is 4.09. The van der Waals surface area contributed by atoms with E-state index in [1.807, 2.05) is 9.80 Å². The van der Waals surface area contributed by atoms with Crippen molar-refractivity contribution in [1.82, 2.24) is 19.8 Å². The van der Waals surface area contributed by atoms with E-state index in [4.69, 9.17) is 9.72 Å². The molecule has 1 aromatic rings. The molecular weight excluding hydrogens is 408 g/mol. The minimum atomic E-state index is -0.0802. The molecule has 0 radical (unpaired) electrons. The van der Waals surface area contributed by atoms with Crippen LogP contribution in [-0.4, -0.2) is 64.4 Å². The Morgan fingerprint density at radius 1 is 0.969 bits per heavy atom. The van der Waals surface area contributed by atoms with Crippen LogP contribution in [0.2, 0.25) is 0 Å². The largest absolute Gasteiger partial charge is 0.381 e. The molecule has 2 amide bonds.